The Kier molecular flexibility index (Phi) is 7.94. The van der Waals surface area contributed by atoms with Gasteiger partial charge in [0.15, 0.2) is 0 Å². The molecule has 0 aliphatic carbocycles. The molecule has 2 atom stereocenters. The molecule has 0 amide bonds. The second kappa shape index (κ2) is 9.23. The minimum absolute atomic E-state index is 0.437. The van der Waals surface area contributed by atoms with Crippen LogP contribution in [0.2, 0.25) is 0 Å². The van der Waals surface area contributed by atoms with Crippen molar-refractivity contribution in [2.75, 3.05) is 25.2 Å². The van der Waals surface area contributed by atoms with E-state index in [0.29, 0.717) is 12.6 Å². The molecule has 0 fully saturated rings. The van der Waals surface area contributed by atoms with Crippen LogP contribution in [0.4, 0.5) is 0 Å². The maximum atomic E-state index is 10.1. The molecule has 2 N–H and O–H groups in total. The van der Waals surface area contributed by atoms with Crippen LogP contribution in [0.1, 0.15) is 31.9 Å². The molecular weight excluding hydrogens is 258 g/mol. The van der Waals surface area contributed by atoms with Crippen LogP contribution in [0.5, 0.6) is 5.75 Å². The Bertz CT molecular complexity index is 343. The quantitative estimate of drug-likeness (QED) is 0.684. The van der Waals surface area contributed by atoms with Crippen molar-refractivity contribution in [1.82, 2.24) is 5.32 Å². The zero-order chi connectivity index (χ0) is 14.1. The number of benzene rings is 1. The highest BCUT2D eigenvalue weighted by Crippen LogP contribution is 2.17. The molecule has 0 spiro atoms. The molecule has 108 valence electrons. The monoisotopic (exact) mass is 283 g/mol. The number of rotatable bonds is 9. The van der Waals surface area contributed by atoms with Crippen LogP contribution in [-0.4, -0.2) is 36.3 Å². The minimum atomic E-state index is -0.466. The molecule has 0 aliphatic heterocycles. The number of aliphatic hydroxyl groups excluding tert-OH is 1. The normalized spacial score (nSPS) is 14.1. The first-order valence-corrected chi connectivity index (χ1v) is 7.96. The van der Waals surface area contributed by atoms with Crippen molar-refractivity contribution >= 4 is 11.8 Å². The largest absolute Gasteiger partial charge is 0.497 e. The van der Waals surface area contributed by atoms with Gasteiger partial charge in [0, 0.05) is 12.6 Å². The molecule has 19 heavy (non-hydrogen) atoms. The molecule has 2 unspecified atom stereocenters. The SMILES string of the molecule is CCSCCC(C)NCC(O)c1ccc(OC)cc1. The maximum absolute atomic E-state index is 10.1. The van der Waals surface area contributed by atoms with Crippen LogP contribution in [-0.2, 0) is 0 Å². The van der Waals surface area contributed by atoms with E-state index in [1.54, 1.807) is 7.11 Å². The van der Waals surface area contributed by atoms with Gasteiger partial charge in [-0.25, -0.2) is 0 Å². The van der Waals surface area contributed by atoms with Gasteiger partial charge in [-0.3, -0.25) is 0 Å². The highest BCUT2D eigenvalue weighted by Gasteiger charge is 2.09. The third-order valence-electron chi connectivity index (χ3n) is 3.06. The van der Waals surface area contributed by atoms with Gasteiger partial charge in [-0.1, -0.05) is 19.1 Å². The molecule has 0 saturated heterocycles. The first kappa shape index (κ1) is 16.3. The molecule has 0 bridgehead atoms. The van der Waals surface area contributed by atoms with Gasteiger partial charge in [-0.15, -0.1) is 0 Å². The highest BCUT2D eigenvalue weighted by atomic mass is 32.2. The molecular formula is C15H25NO2S. The molecule has 0 aliphatic rings. The van der Waals surface area contributed by atoms with Gasteiger partial charge >= 0.3 is 0 Å². The van der Waals surface area contributed by atoms with Crippen molar-refractivity contribution in [3.8, 4) is 5.75 Å². The molecule has 0 heterocycles. The standard InChI is InChI=1S/C15H25NO2S/c1-4-19-10-9-12(2)16-11-15(17)13-5-7-14(18-3)8-6-13/h5-8,12,15-17H,4,9-11H2,1-3H3. The molecule has 0 saturated carbocycles. The van der Waals surface area contributed by atoms with E-state index < -0.39 is 6.10 Å². The third-order valence-corrected chi connectivity index (χ3v) is 3.99. The summed E-state index contributed by atoms with van der Waals surface area (Å²) in [4.78, 5) is 0. The first-order valence-electron chi connectivity index (χ1n) is 6.80. The molecule has 1 aromatic rings. The van der Waals surface area contributed by atoms with E-state index in [2.05, 4.69) is 19.2 Å². The van der Waals surface area contributed by atoms with E-state index in [9.17, 15) is 5.11 Å². The lowest BCUT2D eigenvalue weighted by molar-refractivity contribution is 0.170. The second-order valence-electron chi connectivity index (χ2n) is 4.58. The van der Waals surface area contributed by atoms with Crippen LogP contribution >= 0.6 is 11.8 Å². The third kappa shape index (κ3) is 6.32. The van der Waals surface area contributed by atoms with Gasteiger partial charge in [-0.2, -0.15) is 11.8 Å². The molecule has 3 nitrogen and oxygen atoms in total. The number of ether oxygens (including phenoxy) is 1. The Hall–Kier alpha value is -0.710. The first-order chi connectivity index (χ1) is 9.17. The van der Waals surface area contributed by atoms with Gasteiger partial charge in [0.2, 0.25) is 0 Å². The molecule has 1 aromatic carbocycles. The van der Waals surface area contributed by atoms with Crippen molar-refractivity contribution in [2.24, 2.45) is 0 Å². The van der Waals surface area contributed by atoms with Crippen LogP contribution in [0.25, 0.3) is 0 Å². The number of aliphatic hydroxyl groups is 1. The zero-order valence-corrected chi connectivity index (χ0v) is 12.9. The summed E-state index contributed by atoms with van der Waals surface area (Å²) in [6.07, 6.45) is 0.667. The van der Waals surface area contributed by atoms with Crippen molar-refractivity contribution in [3.63, 3.8) is 0 Å². The topological polar surface area (TPSA) is 41.5 Å². The molecule has 0 aromatic heterocycles. The summed E-state index contributed by atoms with van der Waals surface area (Å²) in [5, 5.41) is 13.5. The van der Waals surface area contributed by atoms with Crippen molar-refractivity contribution in [2.45, 2.75) is 32.4 Å². The number of hydrogen-bond donors (Lipinski definition) is 2. The smallest absolute Gasteiger partial charge is 0.118 e. The lowest BCUT2D eigenvalue weighted by Gasteiger charge is -2.17. The predicted octanol–water partition coefficient (Wildman–Crippen LogP) is 2.85. The van der Waals surface area contributed by atoms with Crippen LogP contribution in [0, 0.1) is 0 Å². The average molecular weight is 283 g/mol. The summed E-state index contributed by atoms with van der Waals surface area (Å²) in [6.45, 7) is 4.93. The van der Waals surface area contributed by atoms with E-state index in [1.807, 2.05) is 36.0 Å². The Morgan fingerprint density at radius 2 is 2.00 bits per heavy atom. The predicted molar refractivity (Wildman–Crippen MR) is 83.0 cm³/mol. The second-order valence-corrected chi connectivity index (χ2v) is 5.98. The molecule has 4 heteroatoms. The van der Waals surface area contributed by atoms with Gasteiger partial charge in [0.05, 0.1) is 13.2 Å². The summed E-state index contributed by atoms with van der Waals surface area (Å²) >= 11 is 1.95. The van der Waals surface area contributed by atoms with E-state index in [1.165, 1.54) is 11.5 Å². The number of nitrogens with one attached hydrogen (secondary N) is 1. The lowest BCUT2D eigenvalue weighted by atomic mass is 10.1. The summed E-state index contributed by atoms with van der Waals surface area (Å²) < 4.78 is 5.10. The number of methoxy groups -OCH3 is 1. The van der Waals surface area contributed by atoms with Crippen molar-refractivity contribution < 1.29 is 9.84 Å². The van der Waals surface area contributed by atoms with Crippen molar-refractivity contribution in [1.29, 1.82) is 0 Å². The summed E-state index contributed by atoms with van der Waals surface area (Å²) in [7, 11) is 1.64. The lowest BCUT2D eigenvalue weighted by Crippen LogP contribution is -2.30. The highest BCUT2D eigenvalue weighted by molar-refractivity contribution is 7.99. The summed E-state index contributed by atoms with van der Waals surface area (Å²) in [6, 6.07) is 8.00. The van der Waals surface area contributed by atoms with Gasteiger partial charge < -0.3 is 15.2 Å². The van der Waals surface area contributed by atoms with Gasteiger partial charge in [0.25, 0.3) is 0 Å². The molecule has 1 rings (SSSR count). The Balaban J connectivity index is 2.31. The fourth-order valence-electron chi connectivity index (χ4n) is 1.76. The van der Waals surface area contributed by atoms with E-state index in [0.717, 1.165) is 17.7 Å². The Morgan fingerprint density at radius 1 is 1.32 bits per heavy atom. The van der Waals surface area contributed by atoms with Crippen molar-refractivity contribution in [3.05, 3.63) is 29.8 Å². The van der Waals surface area contributed by atoms with Crippen LogP contribution in [0.3, 0.4) is 0 Å². The van der Waals surface area contributed by atoms with E-state index in [-0.39, 0.29) is 0 Å². The number of hydrogen-bond acceptors (Lipinski definition) is 4. The Morgan fingerprint density at radius 3 is 2.58 bits per heavy atom. The summed E-state index contributed by atoms with van der Waals surface area (Å²) in [5.41, 5.74) is 0.920. The Labute approximate surface area is 120 Å². The van der Waals surface area contributed by atoms with Gasteiger partial charge in [0.1, 0.15) is 5.75 Å². The maximum Gasteiger partial charge on any atom is 0.118 e. The zero-order valence-electron chi connectivity index (χ0n) is 12.1. The molecule has 0 radical (unpaired) electrons. The fourth-order valence-corrected chi connectivity index (χ4v) is 2.57. The van der Waals surface area contributed by atoms with Crippen LogP contribution in [0.15, 0.2) is 24.3 Å². The van der Waals surface area contributed by atoms with E-state index >= 15 is 0 Å². The average Bonchev–Trinajstić information content (AvgIpc) is 2.45. The van der Waals surface area contributed by atoms with E-state index in [4.69, 9.17) is 4.74 Å². The van der Waals surface area contributed by atoms with Crippen LogP contribution < -0.4 is 10.1 Å². The summed E-state index contributed by atoms with van der Waals surface area (Å²) in [5.74, 6) is 3.15. The number of thioether (sulfide) groups is 1. The van der Waals surface area contributed by atoms with Gasteiger partial charge in [-0.05, 0) is 42.5 Å². The fraction of sp³-hybridized carbons (Fsp3) is 0.600. The minimum Gasteiger partial charge on any atom is -0.497 e.